The molecule has 0 radical (unpaired) electrons. The Balaban J connectivity index is 2.24. The number of aliphatic hydroxyl groups excluding tert-OH is 1. The van der Waals surface area contributed by atoms with E-state index in [1.165, 1.54) is 19.3 Å². The van der Waals surface area contributed by atoms with E-state index in [2.05, 4.69) is 6.08 Å². The normalized spacial score (nSPS) is 20.2. The summed E-state index contributed by atoms with van der Waals surface area (Å²) in [6, 6.07) is 5.59. The molecule has 0 aliphatic heterocycles. The van der Waals surface area contributed by atoms with E-state index in [1.54, 1.807) is 14.2 Å². The molecule has 3 nitrogen and oxygen atoms in total. The first-order chi connectivity index (χ1) is 9.74. The van der Waals surface area contributed by atoms with E-state index >= 15 is 0 Å². The Morgan fingerprint density at radius 3 is 2.25 bits per heavy atom. The Bertz CT molecular complexity index is 443. The molecule has 0 aromatic heterocycles. The summed E-state index contributed by atoms with van der Waals surface area (Å²) in [4.78, 5) is 0. The van der Waals surface area contributed by atoms with Crippen molar-refractivity contribution in [2.24, 2.45) is 0 Å². The van der Waals surface area contributed by atoms with Crippen LogP contribution in [0.25, 0.3) is 0 Å². The van der Waals surface area contributed by atoms with Gasteiger partial charge in [0.2, 0.25) is 0 Å². The fourth-order valence-electron chi connectivity index (χ4n) is 2.67. The minimum atomic E-state index is -0.558. The maximum absolute atomic E-state index is 10.6. The zero-order chi connectivity index (χ0) is 14.4. The molecule has 1 aliphatic carbocycles. The van der Waals surface area contributed by atoms with Crippen molar-refractivity contribution in [2.45, 2.75) is 44.6 Å². The van der Waals surface area contributed by atoms with Crippen molar-refractivity contribution < 1.29 is 14.6 Å². The van der Waals surface area contributed by atoms with E-state index in [0.717, 1.165) is 30.4 Å². The lowest BCUT2D eigenvalue weighted by Gasteiger charge is -2.19. The summed E-state index contributed by atoms with van der Waals surface area (Å²) in [5.41, 5.74) is 1.97. The van der Waals surface area contributed by atoms with Crippen molar-refractivity contribution in [3.05, 3.63) is 35.4 Å². The number of methoxy groups -OCH3 is 2. The number of benzene rings is 1. The second kappa shape index (κ2) is 7.34. The summed E-state index contributed by atoms with van der Waals surface area (Å²) in [5, 5.41) is 10.6. The molecule has 1 aromatic carbocycles. The smallest absolute Gasteiger partial charge is 0.122 e. The van der Waals surface area contributed by atoms with Gasteiger partial charge in [0.1, 0.15) is 17.6 Å². The SMILES string of the molecule is COc1cc(OC)cc(C(O)/C2=C/CCCCCC2)c1. The first kappa shape index (κ1) is 14.9. The first-order valence-corrected chi connectivity index (χ1v) is 7.34. The monoisotopic (exact) mass is 276 g/mol. The summed E-state index contributed by atoms with van der Waals surface area (Å²) >= 11 is 0. The first-order valence-electron chi connectivity index (χ1n) is 7.34. The molecule has 2 rings (SSSR count). The molecule has 1 atom stereocenters. The molecule has 0 saturated carbocycles. The number of aliphatic hydroxyl groups is 1. The lowest BCUT2D eigenvalue weighted by molar-refractivity contribution is 0.208. The van der Waals surface area contributed by atoms with E-state index in [-0.39, 0.29) is 0 Å². The van der Waals surface area contributed by atoms with Crippen LogP contribution in [0.2, 0.25) is 0 Å². The highest BCUT2D eigenvalue weighted by molar-refractivity contribution is 5.41. The maximum Gasteiger partial charge on any atom is 0.122 e. The van der Waals surface area contributed by atoms with Crippen LogP contribution in [0.15, 0.2) is 29.8 Å². The van der Waals surface area contributed by atoms with E-state index < -0.39 is 6.10 Å². The highest BCUT2D eigenvalue weighted by Gasteiger charge is 2.16. The number of allylic oxidation sites excluding steroid dienone is 1. The van der Waals surface area contributed by atoms with Gasteiger partial charge in [-0.3, -0.25) is 0 Å². The number of ether oxygens (including phenoxy) is 2. The minimum Gasteiger partial charge on any atom is -0.497 e. The molecule has 1 aromatic rings. The van der Waals surface area contributed by atoms with Crippen LogP contribution in [0.3, 0.4) is 0 Å². The summed E-state index contributed by atoms with van der Waals surface area (Å²) in [7, 11) is 3.25. The third kappa shape index (κ3) is 3.76. The van der Waals surface area contributed by atoms with Gasteiger partial charge in [0.05, 0.1) is 14.2 Å². The molecule has 0 bridgehead atoms. The molecule has 20 heavy (non-hydrogen) atoms. The average molecular weight is 276 g/mol. The molecule has 1 aliphatic rings. The van der Waals surface area contributed by atoms with Gasteiger partial charge in [-0.2, -0.15) is 0 Å². The van der Waals surface area contributed by atoms with Crippen LogP contribution in [0.5, 0.6) is 11.5 Å². The molecule has 3 heteroatoms. The standard InChI is InChI=1S/C17H24O3/c1-19-15-10-14(11-16(12-15)20-2)17(18)13-8-6-4-3-5-7-9-13/h8,10-12,17-18H,3-7,9H2,1-2H3/b13-8+. The molecule has 1 N–H and O–H groups in total. The van der Waals surface area contributed by atoms with Crippen molar-refractivity contribution in [3.8, 4) is 11.5 Å². The fraction of sp³-hybridized carbons (Fsp3) is 0.529. The average Bonchev–Trinajstić information content (AvgIpc) is 2.45. The molecular weight excluding hydrogens is 252 g/mol. The molecule has 0 heterocycles. The number of hydrogen-bond acceptors (Lipinski definition) is 3. The van der Waals surface area contributed by atoms with Gasteiger partial charge in [-0.25, -0.2) is 0 Å². The van der Waals surface area contributed by atoms with Crippen molar-refractivity contribution in [3.63, 3.8) is 0 Å². The topological polar surface area (TPSA) is 38.7 Å². The molecule has 0 fully saturated rings. The van der Waals surface area contributed by atoms with Gasteiger partial charge >= 0.3 is 0 Å². The summed E-state index contributed by atoms with van der Waals surface area (Å²) in [6.45, 7) is 0. The van der Waals surface area contributed by atoms with E-state index in [9.17, 15) is 5.11 Å². The van der Waals surface area contributed by atoms with Crippen LogP contribution in [-0.4, -0.2) is 19.3 Å². The highest BCUT2D eigenvalue weighted by atomic mass is 16.5. The predicted octanol–water partition coefficient (Wildman–Crippen LogP) is 4.02. The highest BCUT2D eigenvalue weighted by Crippen LogP contribution is 2.33. The van der Waals surface area contributed by atoms with Gasteiger partial charge < -0.3 is 14.6 Å². The van der Waals surface area contributed by atoms with E-state index in [4.69, 9.17) is 9.47 Å². The Labute approximate surface area is 121 Å². The molecular formula is C17H24O3. The second-order valence-electron chi connectivity index (χ2n) is 5.28. The summed E-state index contributed by atoms with van der Waals surface area (Å²) in [5.74, 6) is 1.43. The van der Waals surface area contributed by atoms with Gasteiger partial charge in [-0.15, -0.1) is 0 Å². The fourth-order valence-corrected chi connectivity index (χ4v) is 2.67. The zero-order valence-electron chi connectivity index (χ0n) is 12.4. The van der Waals surface area contributed by atoms with Crippen molar-refractivity contribution in [1.29, 1.82) is 0 Å². The molecule has 110 valence electrons. The maximum atomic E-state index is 10.6. The van der Waals surface area contributed by atoms with Crippen LogP contribution in [0.1, 0.15) is 50.2 Å². The third-order valence-corrected chi connectivity index (χ3v) is 3.87. The molecule has 0 spiro atoms. The number of rotatable bonds is 4. The van der Waals surface area contributed by atoms with E-state index in [1.807, 2.05) is 18.2 Å². The largest absolute Gasteiger partial charge is 0.497 e. The van der Waals surface area contributed by atoms with Crippen LogP contribution >= 0.6 is 0 Å². The third-order valence-electron chi connectivity index (χ3n) is 3.87. The molecule has 0 amide bonds. The number of hydrogen-bond donors (Lipinski definition) is 1. The van der Waals surface area contributed by atoms with Crippen LogP contribution in [-0.2, 0) is 0 Å². The van der Waals surface area contributed by atoms with Crippen molar-refractivity contribution in [2.75, 3.05) is 14.2 Å². The summed E-state index contributed by atoms with van der Waals surface area (Å²) < 4.78 is 10.5. The minimum absolute atomic E-state index is 0.558. The van der Waals surface area contributed by atoms with E-state index in [0.29, 0.717) is 11.5 Å². The van der Waals surface area contributed by atoms with Crippen LogP contribution in [0, 0.1) is 0 Å². The van der Waals surface area contributed by atoms with Gasteiger partial charge in [-0.1, -0.05) is 18.9 Å². The molecule has 0 saturated heterocycles. The Kier molecular flexibility index (Phi) is 5.48. The summed E-state index contributed by atoms with van der Waals surface area (Å²) in [6.07, 6.45) is 8.61. The van der Waals surface area contributed by atoms with Gasteiger partial charge in [-0.05, 0) is 49.0 Å². The van der Waals surface area contributed by atoms with Crippen LogP contribution in [0.4, 0.5) is 0 Å². The zero-order valence-corrected chi connectivity index (χ0v) is 12.4. The van der Waals surface area contributed by atoms with Crippen LogP contribution < -0.4 is 9.47 Å². The Morgan fingerprint density at radius 2 is 1.60 bits per heavy atom. The second-order valence-corrected chi connectivity index (χ2v) is 5.28. The van der Waals surface area contributed by atoms with Crippen molar-refractivity contribution >= 4 is 0 Å². The van der Waals surface area contributed by atoms with Gasteiger partial charge in [0, 0.05) is 6.07 Å². The Morgan fingerprint density at radius 1 is 0.950 bits per heavy atom. The Hall–Kier alpha value is -1.48. The predicted molar refractivity (Wildman–Crippen MR) is 80.3 cm³/mol. The molecule has 1 unspecified atom stereocenters. The quantitative estimate of drug-likeness (QED) is 0.844. The van der Waals surface area contributed by atoms with Gasteiger partial charge in [0.15, 0.2) is 0 Å². The van der Waals surface area contributed by atoms with Gasteiger partial charge in [0.25, 0.3) is 0 Å². The lowest BCUT2D eigenvalue weighted by atomic mass is 9.92. The lowest BCUT2D eigenvalue weighted by Crippen LogP contribution is -2.04. The van der Waals surface area contributed by atoms with Crippen molar-refractivity contribution in [1.82, 2.24) is 0 Å².